The molecule has 0 heterocycles. The third-order valence-electron chi connectivity index (χ3n) is 1.68. The summed E-state index contributed by atoms with van der Waals surface area (Å²) in [6.45, 7) is 0.805. The first kappa shape index (κ1) is 15.0. The van der Waals surface area contributed by atoms with Gasteiger partial charge in [0.25, 0.3) is 0 Å². The molecule has 0 radical (unpaired) electrons. The van der Waals surface area contributed by atoms with Crippen LogP contribution in [0.2, 0.25) is 0 Å². The zero-order valence-corrected chi connectivity index (χ0v) is 10.0. The highest BCUT2D eigenvalue weighted by Gasteiger charge is 2.08. The number of carbonyl (C=O) groups excluding carboxylic acids is 1. The van der Waals surface area contributed by atoms with E-state index >= 15 is 0 Å². The molecule has 0 aromatic heterocycles. The Kier molecular flexibility index (Phi) is 8.74. The van der Waals surface area contributed by atoms with Crippen LogP contribution in [0.15, 0.2) is 0 Å². The Labute approximate surface area is 96.8 Å². The quantitative estimate of drug-likeness (QED) is 0.532. The van der Waals surface area contributed by atoms with E-state index in [0.29, 0.717) is 19.6 Å². The Morgan fingerprint density at radius 3 is 2.69 bits per heavy atom. The van der Waals surface area contributed by atoms with Crippen LogP contribution in [-0.2, 0) is 25.1 Å². The molecule has 94 valence electrons. The predicted octanol–water partition coefficient (Wildman–Crippen LogP) is -0.637. The summed E-state index contributed by atoms with van der Waals surface area (Å²) in [5.41, 5.74) is 0. The number of nitrogens with one attached hydrogen (secondary N) is 1. The largest absolute Gasteiger partial charge is 0.481 e. The van der Waals surface area contributed by atoms with Crippen molar-refractivity contribution in [1.29, 1.82) is 0 Å². The first-order valence-corrected chi connectivity index (χ1v) is 6.37. The number of aliphatic carboxylic acids is 1. The van der Waals surface area contributed by atoms with Gasteiger partial charge >= 0.3 is 5.97 Å². The average molecular weight is 251 g/mol. The van der Waals surface area contributed by atoms with E-state index in [2.05, 4.69) is 5.32 Å². The van der Waals surface area contributed by atoms with Crippen molar-refractivity contribution in [3.8, 4) is 0 Å². The molecule has 0 saturated carbocycles. The Balaban J connectivity index is 3.54. The Hall–Kier alpha value is -0.950. The minimum absolute atomic E-state index is 0.0168. The maximum absolute atomic E-state index is 11.3. The van der Waals surface area contributed by atoms with Crippen molar-refractivity contribution in [3.05, 3.63) is 0 Å². The van der Waals surface area contributed by atoms with Crippen LogP contribution in [-0.4, -0.2) is 53.0 Å². The molecular formula is C9H17NO5S. The fourth-order valence-corrected chi connectivity index (χ4v) is 1.95. The third-order valence-corrected chi connectivity index (χ3v) is 3.01. The average Bonchev–Trinajstić information content (AvgIpc) is 2.17. The maximum atomic E-state index is 11.3. The molecule has 0 aliphatic carbocycles. The highest BCUT2D eigenvalue weighted by molar-refractivity contribution is 7.85. The van der Waals surface area contributed by atoms with E-state index in [0.717, 1.165) is 0 Å². The second kappa shape index (κ2) is 9.29. The van der Waals surface area contributed by atoms with Crippen LogP contribution in [0.4, 0.5) is 0 Å². The van der Waals surface area contributed by atoms with E-state index in [1.54, 1.807) is 0 Å². The van der Waals surface area contributed by atoms with Crippen LogP contribution in [0.5, 0.6) is 0 Å². The van der Waals surface area contributed by atoms with Crippen molar-refractivity contribution in [3.63, 3.8) is 0 Å². The monoisotopic (exact) mass is 251 g/mol. The molecule has 0 spiro atoms. The molecular weight excluding hydrogens is 234 g/mol. The lowest BCUT2D eigenvalue weighted by Crippen LogP contribution is -2.31. The van der Waals surface area contributed by atoms with Gasteiger partial charge in [-0.25, -0.2) is 0 Å². The Morgan fingerprint density at radius 2 is 2.12 bits per heavy atom. The molecule has 1 atom stereocenters. The second-order valence-electron chi connectivity index (χ2n) is 3.13. The molecule has 0 aromatic carbocycles. The molecule has 0 rings (SSSR count). The molecule has 16 heavy (non-hydrogen) atoms. The van der Waals surface area contributed by atoms with Crippen molar-refractivity contribution in [2.45, 2.75) is 12.8 Å². The van der Waals surface area contributed by atoms with Gasteiger partial charge in [0.05, 0.1) is 6.61 Å². The Bertz CT molecular complexity index is 256. The second-order valence-corrected chi connectivity index (χ2v) is 4.70. The summed E-state index contributed by atoms with van der Waals surface area (Å²) in [6.07, 6.45) is 0.310. The van der Waals surface area contributed by atoms with Crippen molar-refractivity contribution < 1.29 is 23.6 Å². The van der Waals surface area contributed by atoms with Crippen molar-refractivity contribution in [1.82, 2.24) is 5.32 Å². The van der Waals surface area contributed by atoms with Crippen LogP contribution >= 0.6 is 0 Å². The molecule has 1 unspecified atom stereocenters. The number of amides is 1. The first-order chi connectivity index (χ1) is 7.56. The summed E-state index contributed by atoms with van der Waals surface area (Å²) in [5.74, 6) is -1.06. The number of rotatable bonds is 9. The summed E-state index contributed by atoms with van der Waals surface area (Å²) in [6, 6.07) is 0. The molecule has 0 aliphatic heterocycles. The van der Waals surface area contributed by atoms with Crippen LogP contribution in [0.3, 0.4) is 0 Å². The molecule has 0 aromatic rings. The molecule has 1 amide bonds. The summed E-state index contributed by atoms with van der Waals surface area (Å²) >= 11 is 0. The third kappa shape index (κ3) is 9.60. The standard InChI is InChI=1S/C9H17NO5S/c1-15-5-4-10-8(11)7-16(14)6-2-3-9(12)13/h2-7H2,1H3,(H,10,11)(H,12,13). The molecule has 6 nitrogen and oxygen atoms in total. The molecule has 0 aliphatic rings. The van der Waals surface area contributed by atoms with Crippen LogP contribution in [0, 0.1) is 0 Å². The predicted molar refractivity (Wildman–Crippen MR) is 59.6 cm³/mol. The summed E-state index contributed by atoms with van der Waals surface area (Å²) < 4.78 is 16.0. The van der Waals surface area contributed by atoms with Crippen LogP contribution < -0.4 is 5.32 Å². The smallest absolute Gasteiger partial charge is 0.303 e. The molecule has 2 N–H and O–H groups in total. The zero-order chi connectivity index (χ0) is 12.4. The normalized spacial score (nSPS) is 12.1. The van der Waals surface area contributed by atoms with Gasteiger partial charge < -0.3 is 15.2 Å². The number of hydrogen-bond acceptors (Lipinski definition) is 4. The zero-order valence-electron chi connectivity index (χ0n) is 9.23. The van der Waals surface area contributed by atoms with Gasteiger partial charge in [-0.15, -0.1) is 0 Å². The number of carboxylic acids is 1. The van der Waals surface area contributed by atoms with Gasteiger partial charge in [0.15, 0.2) is 0 Å². The van der Waals surface area contributed by atoms with Gasteiger partial charge in [-0.3, -0.25) is 13.8 Å². The highest BCUT2D eigenvalue weighted by atomic mass is 32.2. The minimum Gasteiger partial charge on any atom is -0.481 e. The van der Waals surface area contributed by atoms with E-state index in [9.17, 15) is 13.8 Å². The fourth-order valence-electron chi connectivity index (χ4n) is 0.946. The van der Waals surface area contributed by atoms with Gasteiger partial charge in [0.1, 0.15) is 5.75 Å². The highest BCUT2D eigenvalue weighted by Crippen LogP contribution is 1.93. The number of carboxylic acid groups (broad SMARTS) is 1. The molecule has 0 fully saturated rings. The van der Waals surface area contributed by atoms with E-state index < -0.39 is 16.8 Å². The van der Waals surface area contributed by atoms with Gasteiger partial charge in [0.2, 0.25) is 5.91 Å². The lowest BCUT2D eigenvalue weighted by atomic mass is 10.3. The molecule has 7 heteroatoms. The number of carbonyl (C=O) groups is 2. The number of ether oxygens (including phenoxy) is 1. The summed E-state index contributed by atoms with van der Waals surface area (Å²) in [4.78, 5) is 21.3. The van der Waals surface area contributed by atoms with E-state index in [1.807, 2.05) is 0 Å². The number of hydrogen-bond donors (Lipinski definition) is 2. The van der Waals surface area contributed by atoms with E-state index in [-0.39, 0.29) is 23.8 Å². The fraction of sp³-hybridized carbons (Fsp3) is 0.778. The van der Waals surface area contributed by atoms with Gasteiger partial charge in [0, 0.05) is 36.6 Å². The van der Waals surface area contributed by atoms with Crippen molar-refractivity contribution in [2.24, 2.45) is 0 Å². The van der Waals surface area contributed by atoms with Crippen LogP contribution in [0.25, 0.3) is 0 Å². The van der Waals surface area contributed by atoms with Crippen molar-refractivity contribution in [2.75, 3.05) is 31.8 Å². The van der Waals surface area contributed by atoms with Gasteiger partial charge in [-0.2, -0.15) is 0 Å². The summed E-state index contributed by atoms with van der Waals surface area (Å²) in [7, 11) is 0.236. The van der Waals surface area contributed by atoms with Gasteiger partial charge in [-0.1, -0.05) is 0 Å². The summed E-state index contributed by atoms with van der Waals surface area (Å²) in [5, 5.41) is 10.9. The van der Waals surface area contributed by atoms with E-state index in [1.165, 1.54) is 7.11 Å². The lowest BCUT2D eigenvalue weighted by Gasteiger charge is -2.04. The topological polar surface area (TPSA) is 92.7 Å². The molecule has 0 bridgehead atoms. The van der Waals surface area contributed by atoms with Crippen molar-refractivity contribution >= 4 is 22.7 Å². The van der Waals surface area contributed by atoms with Crippen LogP contribution in [0.1, 0.15) is 12.8 Å². The molecule has 0 saturated heterocycles. The van der Waals surface area contributed by atoms with Gasteiger partial charge in [-0.05, 0) is 6.42 Å². The SMILES string of the molecule is COCCNC(=O)CS(=O)CCCC(=O)O. The van der Waals surface area contributed by atoms with E-state index in [4.69, 9.17) is 9.84 Å². The maximum Gasteiger partial charge on any atom is 0.303 e. The minimum atomic E-state index is -1.29. The Morgan fingerprint density at radius 1 is 1.44 bits per heavy atom. The number of methoxy groups -OCH3 is 1. The lowest BCUT2D eigenvalue weighted by molar-refractivity contribution is -0.137. The first-order valence-electron chi connectivity index (χ1n) is 4.88.